The Labute approximate surface area is 215 Å². The summed E-state index contributed by atoms with van der Waals surface area (Å²) in [5, 5.41) is 6.30. The number of anilines is 1. The standard InChI is InChI=1S/C27H33N7O3/c1-16-7-9-19(10-8-16)14-34-22-21(20-6-4-5-17(2)13-20)28-24(25-31-32-27(35)37-25)29-23(22)30-26(34)33-11-12-36-15-18(33)3/h4-6,13,16,18-19H,7-12,14-15H2,1-3H3,(H,32,35)/t16?,18-,19?/m1/s1. The zero-order chi connectivity index (χ0) is 25.5. The van der Waals surface area contributed by atoms with Gasteiger partial charge in [0.1, 0.15) is 11.2 Å². The first kappa shape index (κ1) is 23.8. The average Bonchev–Trinajstić information content (AvgIpc) is 3.49. The van der Waals surface area contributed by atoms with Gasteiger partial charge in [0.2, 0.25) is 11.8 Å². The Balaban J connectivity index is 1.58. The molecular weight excluding hydrogens is 470 g/mol. The number of hydrogen-bond donors (Lipinski definition) is 1. The minimum absolute atomic E-state index is 0.0536. The summed E-state index contributed by atoms with van der Waals surface area (Å²) in [5.41, 5.74) is 4.33. The molecule has 37 heavy (non-hydrogen) atoms. The van der Waals surface area contributed by atoms with Crippen molar-refractivity contribution in [1.82, 2.24) is 29.7 Å². The summed E-state index contributed by atoms with van der Waals surface area (Å²) >= 11 is 0. The number of rotatable bonds is 5. The number of H-pyrrole nitrogens is 1. The third-order valence-electron chi connectivity index (χ3n) is 7.70. The maximum atomic E-state index is 11.7. The smallest absolute Gasteiger partial charge is 0.384 e. The van der Waals surface area contributed by atoms with E-state index in [2.05, 4.69) is 58.6 Å². The van der Waals surface area contributed by atoms with Crippen LogP contribution in [0.25, 0.3) is 34.1 Å². The van der Waals surface area contributed by atoms with Crippen LogP contribution in [-0.4, -0.2) is 55.5 Å². The molecular formula is C27H33N7O3. The van der Waals surface area contributed by atoms with Crippen LogP contribution in [-0.2, 0) is 11.3 Å². The van der Waals surface area contributed by atoms with E-state index < -0.39 is 5.76 Å². The minimum Gasteiger partial charge on any atom is -0.384 e. The Bertz CT molecular complexity index is 1460. The largest absolute Gasteiger partial charge is 0.434 e. The van der Waals surface area contributed by atoms with Gasteiger partial charge in [-0.1, -0.05) is 43.5 Å². The van der Waals surface area contributed by atoms with E-state index in [0.29, 0.717) is 24.8 Å². The van der Waals surface area contributed by atoms with Crippen LogP contribution in [0.4, 0.5) is 5.95 Å². The van der Waals surface area contributed by atoms with Gasteiger partial charge in [-0.2, -0.15) is 4.98 Å². The molecule has 0 amide bonds. The van der Waals surface area contributed by atoms with Crippen LogP contribution < -0.4 is 10.7 Å². The predicted octanol–water partition coefficient (Wildman–Crippen LogP) is 4.20. The summed E-state index contributed by atoms with van der Waals surface area (Å²) in [6, 6.07) is 8.45. The van der Waals surface area contributed by atoms with Gasteiger partial charge in [-0.05, 0) is 44.6 Å². The lowest BCUT2D eigenvalue weighted by atomic mass is 9.83. The fourth-order valence-electron chi connectivity index (χ4n) is 5.63. The monoisotopic (exact) mass is 503 g/mol. The summed E-state index contributed by atoms with van der Waals surface area (Å²) < 4.78 is 13.3. The third kappa shape index (κ3) is 4.66. The van der Waals surface area contributed by atoms with Crippen molar-refractivity contribution in [3.05, 3.63) is 40.4 Å². The van der Waals surface area contributed by atoms with Gasteiger partial charge in [0.15, 0.2) is 5.65 Å². The third-order valence-corrected chi connectivity index (χ3v) is 7.70. The number of benzene rings is 1. The molecule has 2 aliphatic rings. The number of nitrogens with zero attached hydrogens (tertiary/aromatic N) is 6. The zero-order valence-corrected chi connectivity index (χ0v) is 21.6. The van der Waals surface area contributed by atoms with E-state index in [9.17, 15) is 4.79 Å². The lowest BCUT2D eigenvalue weighted by molar-refractivity contribution is 0.0976. The highest BCUT2D eigenvalue weighted by Gasteiger charge is 2.30. The highest BCUT2D eigenvalue weighted by atomic mass is 16.5. The molecule has 0 bridgehead atoms. The maximum Gasteiger partial charge on any atom is 0.434 e. The Morgan fingerprint density at radius 3 is 2.68 bits per heavy atom. The number of nitrogens with one attached hydrogen (secondary N) is 1. The molecule has 1 N–H and O–H groups in total. The van der Waals surface area contributed by atoms with Crippen LogP contribution in [0.3, 0.4) is 0 Å². The number of hydrogen-bond acceptors (Lipinski definition) is 8. The van der Waals surface area contributed by atoms with Crippen molar-refractivity contribution in [3.8, 4) is 23.0 Å². The molecule has 2 fully saturated rings. The number of imidazole rings is 1. The van der Waals surface area contributed by atoms with Gasteiger partial charge in [-0.3, -0.25) is 0 Å². The van der Waals surface area contributed by atoms with E-state index >= 15 is 0 Å². The van der Waals surface area contributed by atoms with Crippen LogP contribution in [0.15, 0.2) is 33.5 Å². The van der Waals surface area contributed by atoms with Crippen molar-refractivity contribution in [3.63, 3.8) is 0 Å². The normalized spacial score (nSPS) is 22.6. The van der Waals surface area contributed by atoms with E-state index in [-0.39, 0.29) is 17.8 Å². The Hall–Kier alpha value is -3.53. The molecule has 1 aromatic carbocycles. The second-order valence-electron chi connectivity index (χ2n) is 10.6. The maximum absolute atomic E-state index is 11.7. The zero-order valence-electron chi connectivity index (χ0n) is 21.6. The fourth-order valence-corrected chi connectivity index (χ4v) is 5.63. The molecule has 4 aromatic rings. The van der Waals surface area contributed by atoms with Gasteiger partial charge in [0.05, 0.1) is 19.3 Å². The summed E-state index contributed by atoms with van der Waals surface area (Å²) in [6.45, 7) is 9.53. The van der Waals surface area contributed by atoms with Gasteiger partial charge in [0.25, 0.3) is 5.89 Å². The van der Waals surface area contributed by atoms with Crippen molar-refractivity contribution in [2.75, 3.05) is 24.7 Å². The van der Waals surface area contributed by atoms with E-state index in [1.54, 1.807) is 0 Å². The van der Waals surface area contributed by atoms with Crippen LogP contribution in [0, 0.1) is 18.8 Å². The number of aromatic nitrogens is 6. The molecule has 3 aromatic heterocycles. The van der Waals surface area contributed by atoms with E-state index in [1.807, 2.05) is 6.07 Å². The molecule has 1 saturated carbocycles. The molecule has 1 aliphatic carbocycles. The number of morpholine rings is 1. The molecule has 10 heteroatoms. The molecule has 1 aliphatic heterocycles. The molecule has 1 atom stereocenters. The van der Waals surface area contributed by atoms with Crippen molar-refractivity contribution in [2.45, 2.75) is 59.0 Å². The topological polar surface area (TPSA) is 115 Å². The molecule has 0 spiro atoms. The second-order valence-corrected chi connectivity index (χ2v) is 10.6. The first-order chi connectivity index (χ1) is 18.0. The second kappa shape index (κ2) is 9.74. The van der Waals surface area contributed by atoms with Gasteiger partial charge >= 0.3 is 5.76 Å². The number of aromatic amines is 1. The van der Waals surface area contributed by atoms with Gasteiger partial charge in [-0.25, -0.2) is 19.9 Å². The summed E-state index contributed by atoms with van der Waals surface area (Å²) in [6.07, 6.45) is 4.92. The Kier molecular flexibility index (Phi) is 6.27. The van der Waals surface area contributed by atoms with Crippen LogP contribution in [0.5, 0.6) is 0 Å². The van der Waals surface area contributed by atoms with E-state index in [4.69, 9.17) is 24.1 Å². The van der Waals surface area contributed by atoms with E-state index in [0.717, 1.165) is 47.3 Å². The summed E-state index contributed by atoms with van der Waals surface area (Å²) in [4.78, 5) is 28.8. The van der Waals surface area contributed by atoms with Gasteiger partial charge in [-0.15, -0.1) is 5.10 Å². The lowest BCUT2D eigenvalue weighted by Crippen LogP contribution is -2.45. The molecule has 10 nitrogen and oxygen atoms in total. The van der Waals surface area contributed by atoms with Crippen molar-refractivity contribution in [2.24, 2.45) is 11.8 Å². The Morgan fingerprint density at radius 1 is 1.11 bits per heavy atom. The summed E-state index contributed by atoms with van der Waals surface area (Å²) in [5.74, 6) is 1.90. The first-order valence-electron chi connectivity index (χ1n) is 13.2. The lowest BCUT2D eigenvalue weighted by Gasteiger charge is -2.35. The van der Waals surface area contributed by atoms with E-state index in [1.165, 1.54) is 25.7 Å². The highest BCUT2D eigenvalue weighted by molar-refractivity contribution is 5.91. The Morgan fingerprint density at radius 2 is 1.95 bits per heavy atom. The van der Waals surface area contributed by atoms with Crippen molar-refractivity contribution in [1.29, 1.82) is 0 Å². The molecule has 0 unspecified atom stereocenters. The number of ether oxygens (including phenoxy) is 1. The molecule has 4 heterocycles. The van der Waals surface area contributed by atoms with Crippen LogP contribution >= 0.6 is 0 Å². The number of aryl methyl sites for hydroxylation is 1. The van der Waals surface area contributed by atoms with Gasteiger partial charge < -0.3 is 18.6 Å². The average molecular weight is 504 g/mol. The SMILES string of the molecule is Cc1cccc(-c2nc(-c3n[nH]c(=O)o3)nc3nc(N4CCOC[C@H]4C)n(CC4CCC(C)CC4)c23)c1. The fraction of sp³-hybridized carbons (Fsp3) is 0.519. The predicted molar refractivity (Wildman–Crippen MR) is 140 cm³/mol. The summed E-state index contributed by atoms with van der Waals surface area (Å²) in [7, 11) is 0. The van der Waals surface area contributed by atoms with Crippen LogP contribution in [0.1, 0.15) is 45.1 Å². The quantitative estimate of drug-likeness (QED) is 0.431. The molecule has 194 valence electrons. The molecule has 0 radical (unpaired) electrons. The highest BCUT2D eigenvalue weighted by Crippen LogP contribution is 2.36. The molecule has 1 saturated heterocycles. The number of fused-ring (bicyclic) bond motifs is 1. The molecule has 6 rings (SSSR count). The van der Waals surface area contributed by atoms with Crippen LogP contribution in [0.2, 0.25) is 0 Å². The van der Waals surface area contributed by atoms with Gasteiger partial charge in [0, 0.05) is 18.7 Å². The van der Waals surface area contributed by atoms with Crippen molar-refractivity contribution < 1.29 is 9.15 Å². The van der Waals surface area contributed by atoms with Crippen molar-refractivity contribution >= 4 is 17.1 Å². The first-order valence-corrected chi connectivity index (χ1v) is 13.2. The minimum atomic E-state index is -0.643.